The number of rotatable bonds is 0. The van der Waals surface area contributed by atoms with Gasteiger partial charge in [0.1, 0.15) is 0 Å². The van der Waals surface area contributed by atoms with Crippen LogP contribution in [-0.4, -0.2) is 13.2 Å². The van der Waals surface area contributed by atoms with Crippen LogP contribution < -0.4 is 0 Å². The Morgan fingerprint density at radius 1 is 1.80 bits per heavy atom. The summed E-state index contributed by atoms with van der Waals surface area (Å²) in [4.78, 5) is 0. The van der Waals surface area contributed by atoms with Crippen LogP contribution in [0.2, 0.25) is 0 Å². The van der Waals surface area contributed by atoms with Crippen LogP contribution in [0.25, 0.3) is 0 Å². The third-order valence-corrected chi connectivity index (χ3v) is 0.503. The smallest absolute Gasteiger partial charge is 0.0652 e. The molecule has 0 N–H and O–H groups in total. The van der Waals surface area contributed by atoms with Crippen LogP contribution in [0.5, 0.6) is 0 Å². The van der Waals surface area contributed by atoms with Crippen molar-refractivity contribution in [2.75, 3.05) is 13.2 Å². The van der Waals surface area contributed by atoms with Gasteiger partial charge in [0.15, 0.2) is 0 Å². The zero-order chi connectivity index (χ0) is 4.41. The molecule has 1 nitrogen and oxygen atoms in total. The Labute approximate surface area is 32.7 Å². The molecular formula is C4H6O. The second-order valence-electron chi connectivity index (χ2n) is 0.898. The molecule has 1 heteroatoms. The molecule has 1 atom stereocenters. The molecule has 1 rings (SSSR count). The molecule has 1 aliphatic rings. The van der Waals surface area contributed by atoms with Gasteiger partial charge >= 0.3 is 0 Å². The van der Waals surface area contributed by atoms with Crippen LogP contribution in [0.4, 0.5) is 0 Å². The average Bonchev–Trinajstić information content (AvgIpc) is 1.86. The van der Waals surface area contributed by atoms with Crippen molar-refractivity contribution in [2.45, 2.75) is 0 Å². The summed E-state index contributed by atoms with van der Waals surface area (Å²) in [5, 5.41) is 0. The molecule has 0 aliphatic carbocycles. The van der Waals surface area contributed by atoms with Gasteiger partial charge < -0.3 is 4.74 Å². The highest BCUT2D eigenvalue weighted by Crippen LogP contribution is 1.85. The summed E-state index contributed by atoms with van der Waals surface area (Å²) in [6.07, 6.45) is 3.57. The lowest BCUT2D eigenvalue weighted by Gasteiger charge is -1.77. The first-order chi connectivity index (χ1) is 2.89. The maximum atomic E-state index is 6.82. The summed E-state index contributed by atoms with van der Waals surface area (Å²) in [5.41, 5.74) is 0. The standard InChI is InChI=1S/C4H6O/c1-2-4-5-3-1/h1-2H,3-4H2/i3D. The number of ether oxygens (including phenoxy) is 1. The topological polar surface area (TPSA) is 9.23 Å². The van der Waals surface area contributed by atoms with Gasteiger partial charge in [-0.05, 0) is 0 Å². The van der Waals surface area contributed by atoms with Crippen LogP contribution >= 0.6 is 0 Å². The Bertz CT molecular complexity index is 69.9. The summed E-state index contributed by atoms with van der Waals surface area (Å²) in [7, 11) is 0. The van der Waals surface area contributed by atoms with E-state index in [2.05, 4.69) is 0 Å². The van der Waals surface area contributed by atoms with E-state index in [4.69, 9.17) is 6.11 Å². The van der Waals surface area contributed by atoms with Gasteiger partial charge in [0, 0.05) is 0 Å². The Morgan fingerprint density at radius 3 is 3.00 bits per heavy atom. The molecule has 1 unspecified atom stereocenters. The maximum Gasteiger partial charge on any atom is 0.0652 e. The second-order valence-corrected chi connectivity index (χ2v) is 0.898. The monoisotopic (exact) mass is 71.0 g/mol. The molecule has 0 bridgehead atoms. The first-order valence-corrected chi connectivity index (χ1v) is 1.60. The molecule has 28 valence electrons. The molecule has 0 saturated heterocycles. The van der Waals surface area contributed by atoms with Gasteiger partial charge in [0.25, 0.3) is 0 Å². The Balaban J connectivity index is 2.38. The van der Waals surface area contributed by atoms with Gasteiger partial charge in [-0.1, -0.05) is 12.2 Å². The van der Waals surface area contributed by atoms with E-state index in [-0.39, 0.29) is 6.58 Å². The Hall–Kier alpha value is -0.300. The van der Waals surface area contributed by atoms with Crippen molar-refractivity contribution >= 4 is 0 Å². The fourth-order valence-corrected chi connectivity index (χ4v) is 0.278. The van der Waals surface area contributed by atoms with E-state index in [0.29, 0.717) is 6.61 Å². The molecule has 5 heavy (non-hydrogen) atoms. The third-order valence-electron chi connectivity index (χ3n) is 0.503. The van der Waals surface area contributed by atoms with Gasteiger partial charge in [0.05, 0.1) is 14.6 Å². The molecule has 0 aromatic rings. The SMILES string of the molecule is [2H]C1C=CCO1. The zero-order valence-electron chi connectivity index (χ0n) is 3.85. The molecule has 1 heterocycles. The van der Waals surface area contributed by atoms with Crippen molar-refractivity contribution < 1.29 is 6.11 Å². The third kappa shape index (κ3) is 0.484. The lowest BCUT2D eigenvalue weighted by molar-refractivity contribution is 0.213. The van der Waals surface area contributed by atoms with E-state index in [0.717, 1.165) is 0 Å². The van der Waals surface area contributed by atoms with E-state index in [9.17, 15) is 0 Å². The quantitative estimate of drug-likeness (QED) is 0.379. The fraction of sp³-hybridized carbons (Fsp3) is 0.500. The Kier molecular flexibility index (Phi) is 0.484. The summed E-state index contributed by atoms with van der Waals surface area (Å²) in [5.74, 6) is 0. The van der Waals surface area contributed by atoms with Crippen molar-refractivity contribution in [1.29, 1.82) is 0 Å². The minimum atomic E-state index is -0.384. The van der Waals surface area contributed by atoms with Crippen LogP contribution in [-0.2, 0) is 4.74 Å². The minimum Gasteiger partial charge on any atom is -0.373 e. The van der Waals surface area contributed by atoms with Crippen LogP contribution in [0.15, 0.2) is 12.2 Å². The molecule has 0 radical (unpaired) electrons. The van der Waals surface area contributed by atoms with Gasteiger partial charge in [-0.15, -0.1) is 0 Å². The molecule has 1 aliphatic heterocycles. The summed E-state index contributed by atoms with van der Waals surface area (Å²) in [6, 6.07) is 0. The maximum absolute atomic E-state index is 6.82. The molecule has 0 saturated carbocycles. The summed E-state index contributed by atoms with van der Waals surface area (Å²) in [6.45, 7) is 0.235. The van der Waals surface area contributed by atoms with Gasteiger partial charge in [-0.2, -0.15) is 0 Å². The van der Waals surface area contributed by atoms with E-state index in [1.54, 1.807) is 6.08 Å². The highest BCUT2D eigenvalue weighted by Gasteiger charge is 1.83. The zero-order valence-corrected chi connectivity index (χ0v) is 2.85. The van der Waals surface area contributed by atoms with Crippen molar-refractivity contribution in [2.24, 2.45) is 0 Å². The summed E-state index contributed by atoms with van der Waals surface area (Å²) < 4.78 is 11.5. The lowest BCUT2D eigenvalue weighted by Crippen LogP contribution is -1.76. The number of hydrogen-bond acceptors (Lipinski definition) is 1. The molecule has 0 amide bonds. The molecule has 0 fully saturated rings. The van der Waals surface area contributed by atoms with Crippen LogP contribution in [0, 0.1) is 0 Å². The Morgan fingerprint density at radius 2 is 2.80 bits per heavy atom. The minimum absolute atomic E-state index is 0.384. The van der Waals surface area contributed by atoms with Crippen molar-refractivity contribution in [3.63, 3.8) is 0 Å². The van der Waals surface area contributed by atoms with Crippen molar-refractivity contribution in [1.82, 2.24) is 0 Å². The van der Waals surface area contributed by atoms with Crippen molar-refractivity contribution in [3.8, 4) is 0 Å². The lowest BCUT2D eigenvalue weighted by atomic mass is 10.6. The number of hydrogen-bond donors (Lipinski definition) is 0. The first kappa shape index (κ1) is 1.98. The van der Waals surface area contributed by atoms with E-state index >= 15 is 0 Å². The van der Waals surface area contributed by atoms with Gasteiger partial charge in [-0.25, -0.2) is 0 Å². The fourth-order valence-electron chi connectivity index (χ4n) is 0.278. The molecule has 0 aromatic carbocycles. The second kappa shape index (κ2) is 1.22. The van der Waals surface area contributed by atoms with Gasteiger partial charge in [-0.3, -0.25) is 0 Å². The summed E-state index contributed by atoms with van der Waals surface area (Å²) >= 11 is 0. The van der Waals surface area contributed by atoms with Crippen molar-refractivity contribution in [3.05, 3.63) is 12.2 Å². The predicted octanol–water partition coefficient (Wildman–Crippen LogP) is 0.573. The highest BCUT2D eigenvalue weighted by atomic mass is 16.5. The van der Waals surface area contributed by atoms with Crippen LogP contribution in [0.1, 0.15) is 1.37 Å². The molecular weight excluding hydrogens is 64.0 g/mol. The highest BCUT2D eigenvalue weighted by molar-refractivity contribution is 4.86. The predicted molar refractivity (Wildman–Crippen MR) is 20.0 cm³/mol. The van der Waals surface area contributed by atoms with Gasteiger partial charge in [0.2, 0.25) is 0 Å². The van der Waals surface area contributed by atoms with E-state index in [1.807, 2.05) is 6.08 Å². The first-order valence-electron chi connectivity index (χ1n) is 2.18. The normalized spacial score (nSPS) is 38.4. The average molecular weight is 71.1 g/mol. The van der Waals surface area contributed by atoms with E-state index in [1.165, 1.54) is 0 Å². The molecule has 0 aromatic heterocycles. The van der Waals surface area contributed by atoms with E-state index < -0.39 is 0 Å². The molecule has 0 spiro atoms. The van der Waals surface area contributed by atoms with Crippen LogP contribution in [0.3, 0.4) is 0 Å². The largest absolute Gasteiger partial charge is 0.373 e.